The van der Waals surface area contributed by atoms with Gasteiger partial charge in [0.1, 0.15) is 0 Å². The van der Waals surface area contributed by atoms with Crippen LogP contribution in [0.15, 0.2) is 0 Å². The molecule has 0 aliphatic carbocycles. The fourth-order valence-electron chi connectivity index (χ4n) is 2.36. The molecule has 1 atom stereocenters. The molecule has 0 radical (unpaired) electrons. The third-order valence-electron chi connectivity index (χ3n) is 4.00. The highest BCUT2D eigenvalue weighted by molar-refractivity contribution is 4.78. The van der Waals surface area contributed by atoms with Crippen LogP contribution in [-0.2, 0) is 0 Å². The highest BCUT2D eigenvalue weighted by Crippen LogP contribution is 2.11. The van der Waals surface area contributed by atoms with Crippen LogP contribution in [0.3, 0.4) is 0 Å². The first-order chi connectivity index (χ1) is 9.22. The molecular weight excluding hydrogens is 232 g/mol. The minimum absolute atomic E-state index is 0.406. The molecule has 0 aromatic heterocycles. The molecule has 0 aromatic carbocycles. The van der Waals surface area contributed by atoms with E-state index < -0.39 is 0 Å². The predicted molar refractivity (Wildman–Crippen MR) is 84.2 cm³/mol. The fraction of sp³-hybridized carbons (Fsp3) is 0.941. The van der Waals surface area contributed by atoms with Gasteiger partial charge >= 0.3 is 0 Å². The number of hydrogen-bond acceptors (Lipinski definition) is 2. The molecule has 0 aromatic rings. The molecule has 0 bridgehead atoms. The van der Waals surface area contributed by atoms with Gasteiger partial charge in [0.2, 0.25) is 0 Å². The Hall–Kier alpha value is -0.550. The summed E-state index contributed by atoms with van der Waals surface area (Å²) in [7, 11) is 2.13. The Kier molecular flexibility index (Phi) is 13.5. The lowest BCUT2D eigenvalue weighted by molar-refractivity contribution is 0.254. The van der Waals surface area contributed by atoms with Gasteiger partial charge in [-0.2, -0.15) is 5.26 Å². The number of hydrogen-bond donors (Lipinski definition) is 0. The van der Waals surface area contributed by atoms with E-state index in [9.17, 15) is 0 Å². The maximum absolute atomic E-state index is 8.65. The average molecular weight is 266 g/mol. The number of nitriles is 1. The van der Waals surface area contributed by atoms with Gasteiger partial charge in [-0.3, -0.25) is 0 Å². The second-order valence-electron chi connectivity index (χ2n) is 5.87. The SMILES string of the molecule is CCCCCCCCCCCCN(C)C(C)CC#N. The van der Waals surface area contributed by atoms with Crippen LogP contribution in [0.1, 0.15) is 84.5 Å². The first-order valence-electron chi connectivity index (χ1n) is 8.29. The highest BCUT2D eigenvalue weighted by atomic mass is 15.1. The molecule has 2 nitrogen and oxygen atoms in total. The summed E-state index contributed by atoms with van der Waals surface area (Å²) in [6, 6.07) is 2.65. The van der Waals surface area contributed by atoms with Crippen molar-refractivity contribution in [2.75, 3.05) is 13.6 Å². The van der Waals surface area contributed by atoms with E-state index in [1.807, 2.05) is 0 Å². The summed E-state index contributed by atoms with van der Waals surface area (Å²) in [5, 5.41) is 8.65. The minimum Gasteiger partial charge on any atom is -0.303 e. The van der Waals surface area contributed by atoms with E-state index in [-0.39, 0.29) is 0 Å². The van der Waals surface area contributed by atoms with Crippen LogP contribution in [0.4, 0.5) is 0 Å². The van der Waals surface area contributed by atoms with Gasteiger partial charge in [-0.15, -0.1) is 0 Å². The lowest BCUT2D eigenvalue weighted by Crippen LogP contribution is -2.29. The normalized spacial score (nSPS) is 12.6. The lowest BCUT2D eigenvalue weighted by atomic mass is 10.1. The summed E-state index contributed by atoms with van der Waals surface area (Å²) in [4.78, 5) is 2.31. The smallest absolute Gasteiger partial charge is 0.0638 e. The van der Waals surface area contributed by atoms with Crippen LogP contribution in [0, 0.1) is 11.3 Å². The zero-order chi connectivity index (χ0) is 14.3. The van der Waals surface area contributed by atoms with Crippen LogP contribution in [0.5, 0.6) is 0 Å². The van der Waals surface area contributed by atoms with Crippen molar-refractivity contribution in [3.8, 4) is 6.07 Å². The van der Waals surface area contributed by atoms with Gasteiger partial charge in [0.15, 0.2) is 0 Å². The number of nitrogens with zero attached hydrogens (tertiary/aromatic N) is 2. The van der Waals surface area contributed by atoms with Crippen molar-refractivity contribution in [2.45, 2.75) is 90.5 Å². The molecule has 0 aliphatic heterocycles. The largest absolute Gasteiger partial charge is 0.303 e. The third kappa shape index (κ3) is 12.2. The minimum atomic E-state index is 0.406. The molecule has 2 heteroatoms. The topological polar surface area (TPSA) is 27.0 Å². The first kappa shape index (κ1) is 18.4. The molecule has 0 N–H and O–H groups in total. The summed E-state index contributed by atoms with van der Waals surface area (Å²) in [5.41, 5.74) is 0. The van der Waals surface area contributed by atoms with E-state index in [1.165, 1.54) is 64.2 Å². The maximum Gasteiger partial charge on any atom is 0.0638 e. The molecule has 0 rings (SSSR count). The van der Waals surface area contributed by atoms with E-state index in [0.29, 0.717) is 12.5 Å². The summed E-state index contributed by atoms with van der Waals surface area (Å²) in [5.74, 6) is 0. The summed E-state index contributed by atoms with van der Waals surface area (Å²) < 4.78 is 0. The summed E-state index contributed by atoms with van der Waals surface area (Å²) in [6.45, 7) is 5.55. The van der Waals surface area contributed by atoms with Gasteiger partial charge in [-0.1, -0.05) is 64.7 Å². The highest BCUT2D eigenvalue weighted by Gasteiger charge is 2.07. The molecular formula is C17H34N2. The number of unbranched alkanes of at least 4 members (excludes halogenated alkanes) is 9. The number of rotatable bonds is 13. The van der Waals surface area contributed by atoms with Crippen LogP contribution in [0.2, 0.25) is 0 Å². The summed E-state index contributed by atoms with van der Waals surface area (Å²) >= 11 is 0. The standard InChI is InChI=1S/C17H34N2/c1-4-5-6-7-8-9-10-11-12-13-16-19(3)17(2)14-15-18/h17H,4-14,16H2,1-3H3. The van der Waals surface area contributed by atoms with Crippen molar-refractivity contribution in [3.63, 3.8) is 0 Å². The molecule has 0 saturated heterocycles. The van der Waals surface area contributed by atoms with Gasteiger partial charge in [0.05, 0.1) is 12.5 Å². The Bertz CT molecular complexity index is 220. The molecule has 1 unspecified atom stereocenters. The monoisotopic (exact) mass is 266 g/mol. The van der Waals surface area contributed by atoms with E-state index >= 15 is 0 Å². The molecule has 0 saturated carbocycles. The van der Waals surface area contributed by atoms with Crippen molar-refractivity contribution in [1.82, 2.24) is 4.90 Å². The van der Waals surface area contributed by atoms with Crippen LogP contribution >= 0.6 is 0 Å². The van der Waals surface area contributed by atoms with Crippen molar-refractivity contribution < 1.29 is 0 Å². The van der Waals surface area contributed by atoms with E-state index in [4.69, 9.17) is 5.26 Å². The van der Waals surface area contributed by atoms with Crippen molar-refractivity contribution in [3.05, 3.63) is 0 Å². The zero-order valence-electron chi connectivity index (χ0n) is 13.5. The van der Waals surface area contributed by atoms with Gasteiger partial charge in [0, 0.05) is 6.04 Å². The molecule has 0 amide bonds. The molecule has 0 heterocycles. The summed E-state index contributed by atoms with van der Waals surface area (Å²) in [6.07, 6.45) is 14.5. The van der Waals surface area contributed by atoms with Gasteiger partial charge < -0.3 is 4.90 Å². The van der Waals surface area contributed by atoms with E-state index in [2.05, 4.69) is 31.9 Å². The lowest BCUT2D eigenvalue weighted by Gasteiger charge is -2.22. The Morgan fingerprint density at radius 1 is 0.895 bits per heavy atom. The third-order valence-corrected chi connectivity index (χ3v) is 4.00. The van der Waals surface area contributed by atoms with E-state index in [0.717, 1.165) is 6.54 Å². The van der Waals surface area contributed by atoms with Gasteiger partial charge in [0.25, 0.3) is 0 Å². The molecule has 0 fully saturated rings. The Balaban J connectivity index is 3.20. The van der Waals surface area contributed by atoms with Gasteiger partial charge in [-0.05, 0) is 26.9 Å². The molecule has 0 spiro atoms. The Morgan fingerprint density at radius 2 is 1.37 bits per heavy atom. The predicted octanol–water partition coefficient (Wildman–Crippen LogP) is 5.14. The van der Waals surface area contributed by atoms with E-state index in [1.54, 1.807) is 0 Å². The Labute approximate surface area is 121 Å². The molecule has 112 valence electrons. The Morgan fingerprint density at radius 3 is 1.84 bits per heavy atom. The molecule has 19 heavy (non-hydrogen) atoms. The fourth-order valence-corrected chi connectivity index (χ4v) is 2.36. The van der Waals surface area contributed by atoms with Crippen LogP contribution in [-0.4, -0.2) is 24.5 Å². The second kappa shape index (κ2) is 13.9. The van der Waals surface area contributed by atoms with Crippen molar-refractivity contribution in [1.29, 1.82) is 5.26 Å². The van der Waals surface area contributed by atoms with Crippen molar-refractivity contribution in [2.24, 2.45) is 0 Å². The van der Waals surface area contributed by atoms with Gasteiger partial charge in [-0.25, -0.2) is 0 Å². The maximum atomic E-state index is 8.65. The molecule has 0 aliphatic rings. The average Bonchev–Trinajstić information content (AvgIpc) is 2.41. The second-order valence-corrected chi connectivity index (χ2v) is 5.87. The zero-order valence-corrected chi connectivity index (χ0v) is 13.5. The van der Waals surface area contributed by atoms with Crippen LogP contribution in [0.25, 0.3) is 0 Å². The first-order valence-corrected chi connectivity index (χ1v) is 8.29. The quantitative estimate of drug-likeness (QED) is 0.431. The van der Waals surface area contributed by atoms with Crippen LogP contribution < -0.4 is 0 Å². The van der Waals surface area contributed by atoms with Crippen molar-refractivity contribution >= 4 is 0 Å².